The van der Waals surface area contributed by atoms with Gasteiger partial charge in [0.1, 0.15) is 0 Å². The Morgan fingerprint density at radius 3 is 2.71 bits per heavy atom. The molecule has 0 saturated heterocycles. The number of rotatable bonds is 0. The summed E-state index contributed by atoms with van der Waals surface area (Å²) in [7, 11) is 0. The summed E-state index contributed by atoms with van der Waals surface area (Å²) in [6.07, 6.45) is -3.55. The van der Waals surface area contributed by atoms with Crippen molar-refractivity contribution in [2.75, 3.05) is 0 Å². The highest BCUT2D eigenvalue weighted by atomic mass is 19.4. The van der Waals surface area contributed by atoms with Crippen LogP contribution in [0.1, 0.15) is 11.3 Å². The van der Waals surface area contributed by atoms with Gasteiger partial charge in [-0.2, -0.15) is 13.2 Å². The molecule has 3 rings (SSSR count). The lowest BCUT2D eigenvalue weighted by Gasteiger charge is -2.07. The quantitative estimate of drug-likeness (QED) is 0.753. The van der Waals surface area contributed by atoms with Gasteiger partial charge in [0.2, 0.25) is 0 Å². The number of halogens is 3. The lowest BCUT2D eigenvalue weighted by atomic mass is 10.1. The van der Waals surface area contributed by atoms with Crippen molar-refractivity contribution >= 4 is 10.9 Å². The van der Waals surface area contributed by atoms with E-state index in [-0.39, 0.29) is 6.04 Å². The fraction of sp³-hybridized carbons (Fsp3) is 0.333. The average molecular weight is 240 g/mol. The van der Waals surface area contributed by atoms with Crippen molar-refractivity contribution in [1.29, 1.82) is 0 Å². The molecule has 0 saturated carbocycles. The van der Waals surface area contributed by atoms with Crippen molar-refractivity contribution in [3.05, 3.63) is 35.5 Å². The molecule has 1 aromatic carbocycles. The molecule has 1 aliphatic heterocycles. The third-order valence-corrected chi connectivity index (χ3v) is 3.20. The topological polar surface area (TPSA) is 30.9 Å². The Morgan fingerprint density at radius 2 is 2.00 bits per heavy atom. The van der Waals surface area contributed by atoms with Gasteiger partial charge in [-0.15, -0.1) is 0 Å². The number of fused-ring (bicyclic) bond motifs is 3. The number of alkyl halides is 3. The Balaban J connectivity index is 2.15. The van der Waals surface area contributed by atoms with Gasteiger partial charge in [-0.3, -0.25) is 0 Å². The van der Waals surface area contributed by atoms with Crippen LogP contribution in [0.25, 0.3) is 10.9 Å². The summed E-state index contributed by atoms with van der Waals surface area (Å²) in [4.78, 5) is 0. The molecule has 90 valence electrons. The molecule has 0 bridgehead atoms. The fourth-order valence-corrected chi connectivity index (χ4v) is 2.46. The van der Waals surface area contributed by atoms with Crippen LogP contribution in [0.3, 0.4) is 0 Å². The van der Waals surface area contributed by atoms with Crippen molar-refractivity contribution in [3.8, 4) is 0 Å². The van der Waals surface area contributed by atoms with Gasteiger partial charge in [-0.1, -0.05) is 0 Å². The summed E-state index contributed by atoms with van der Waals surface area (Å²) in [5.41, 5.74) is 7.07. The average Bonchev–Trinajstić information content (AvgIpc) is 2.71. The smallest absolute Gasteiger partial charge is 0.343 e. The molecule has 17 heavy (non-hydrogen) atoms. The van der Waals surface area contributed by atoms with Crippen LogP contribution in [0.15, 0.2) is 24.3 Å². The lowest BCUT2D eigenvalue weighted by Crippen LogP contribution is -2.20. The first-order valence-corrected chi connectivity index (χ1v) is 5.40. The second-order valence-corrected chi connectivity index (χ2v) is 4.48. The normalized spacial score (nSPS) is 19.9. The van der Waals surface area contributed by atoms with Crippen LogP contribution in [-0.4, -0.2) is 10.6 Å². The first-order chi connectivity index (χ1) is 7.95. The van der Waals surface area contributed by atoms with Crippen molar-refractivity contribution in [1.82, 2.24) is 4.57 Å². The molecule has 0 fully saturated rings. The summed E-state index contributed by atoms with van der Waals surface area (Å²) in [6.45, 7) is 0.685. The molecule has 0 radical (unpaired) electrons. The maximum Gasteiger partial charge on any atom is 0.416 e. The fourth-order valence-electron chi connectivity index (χ4n) is 2.46. The van der Waals surface area contributed by atoms with Crippen LogP contribution in [0.2, 0.25) is 0 Å². The summed E-state index contributed by atoms with van der Waals surface area (Å²) in [6, 6.07) is 5.74. The highest BCUT2D eigenvalue weighted by molar-refractivity contribution is 5.82. The zero-order valence-corrected chi connectivity index (χ0v) is 8.96. The number of hydrogen-bond acceptors (Lipinski definition) is 1. The van der Waals surface area contributed by atoms with Crippen LogP contribution in [0.5, 0.6) is 0 Å². The number of hydrogen-bond donors (Lipinski definition) is 1. The van der Waals surface area contributed by atoms with Gasteiger partial charge < -0.3 is 10.3 Å². The zero-order chi connectivity index (χ0) is 12.2. The molecule has 1 aliphatic rings. The van der Waals surface area contributed by atoms with Gasteiger partial charge in [-0.25, -0.2) is 0 Å². The van der Waals surface area contributed by atoms with Gasteiger partial charge >= 0.3 is 6.18 Å². The molecule has 2 heterocycles. The highest BCUT2D eigenvalue weighted by Crippen LogP contribution is 2.33. The van der Waals surface area contributed by atoms with E-state index in [1.807, 2.05) is 4.57 Å². The van der Waals surface area contributed by atoms with Crippen molar-refractivity contribution in [2.45, 2.75) is 25.2 Å². The predicted octanol–water partition coefficient (Wildman–Crippen LogP) is 2.54. The Hall–Kier alpha value is -1.49. The molecule has 0 amide bonds. The molecule has 1 aromatic heterocycles. The molecule has 2 aromatic rings. The second kappa shape index (κ2) is 3.26. The SMILES string of the molecule is NC1Cc2cc3cc(C(F)(F)F)ccc3n2C1. The maximum absolute atomic E-state index is 12.6. The molecular formula is C12H11F3N2. The third kappa shape index (κ3) is 1.61. The molecule has 1 unspecified atom stereocenters. The number of benzene rings is 1. The third-order valence-electron chi connectivity index (χ3n) is 3.20. The number of nitrogens with zero attached hydrogens (tertiary/aromatic N) is 1. The molecule has 2 N–H and O–H groups in total. The molecular weight excluding hydrogens is 229 g/mol. The van der Waals surface area contributed by atoms with E-state index in [9.17, 15) is 13.2 Å². The highest BCUT2D eigenvalue weighted by Gasteiger charge is 2.31. The minimum absolute atomic E-state index is 0.0803. The summed E-state index contributed by atoms with van der Waals surface area (Å²) >= 11 is 0. The Morgan fingerprint density at radius 1 is 1.24 bits per heavy atom. The van der Waals surface area contributed by atoms with E-state index in [1.54, 1.807) is 6.07 Å². The van der Waals surface area contributed by atoms with Gasteiger partial charge in [0.15, 0.2) is 0 Å². The maximum atomic E-state index is 12.6. The molecule has 2 nitrogen and oxygen atoms in total. The van der Waals surface area contributed by atoms with E-state index in [4.69, 9.17) is 5.73 Å². The lowest BCUT2D eigenvalue weighted by molar-refractivity contribution is -0.137. The van der Waals surface area contributed by atoms with E-state index >= 15 is 0 Å². The van der Waals surface area contributed by atoms with E-state index in [0.717, 1.165) is 23.7 Å². The van der Waals surface area contributed by atoms with Crippen molar-refractivity contribution in [3.63, 3.8) is 0 Å². The van der Waals surface area contributed by atoms with E-state index in [0.29, 0.717) is 11.9 Å². The van der Waals surface area contributed by atoms with E-state index < -0.39 is 11.7 Å². The van der Waals surface area contributed by atoms with Gasteiger partial charge in [0.25, 0.3) is 0 Å². The Labute approximate surface area is 95.8 Å². The first kappa shape index (κ1) is 10.7. The minimum Gasteiger partial charge on any atom is -0.343 e. The van der Waals surface area contributed by atoms with Crippen LogP contribution in [0, 0.1) is 0 Å². The minimum atomic E-state index is -4.28. The molecule has 0 aliphatic carbocycles. The van der Waals surface area contributed by atoms with E-state index in [1.165, 1.54) is 12.1 Å². The Kier molecular flexibility index (Phi) is 2.04. The molecule has 5 heteroatoms. The zero-order valence-electron chi connectivity index (χ0n) is 8.96. The Bertz CT molecular complexity index is 583. The first-order valence-electron chi connectivity index (χ1n) is 5.40. The van der Waals surface area contributed by atoms with Crippen LogP contribution < -0.4 is 5.73 Å². The van der Waals surface area contributed by atoms with Gasteiger partial charge in [0.05, 0.1) is 5.56 Å². The predicted molar refractivity (Wildman–Crippen MR) is 58.6 cm³/mol. The van der Waals surface area contributed by atoms with Crippen LogP contribution in [0.4, 0.5) is 13.2 Å². The largest absolute Gasteiger partial charge is 0.416 e. The number of nitrogens with two attached hydrogens (primary N) is 1. The second-order valence-electron chi connectivity index (χ2n) is 4.48. The molecule has 1 atom stereocenters. The summed E-state index contributed by atoms with van der Waals surface area (Å²) < 4.78 is 39.7. The monoisotopic (exact) mass is 240 g/mol. The van der Waals surface area contributed by atoms with E-state index in [2.05, 4.69) is 0 Å². The number of aromatic nitrogens is 1. The van der Waals surface area contributed by atoms with Crippen LogP contribution >= 0.6 is 0 Å². The standard InChI is InChI=1S/C12H11F3N2/c13-12(14,15)8-1-2-11-7(3-8)4-10-5-9(16)6-17(10)11/h1-4,9H,5-6,16H2. The molecule has 0 spiro atoms. The summed E-state index contributed by atoms with van der Waals surface area (Å²) in [5.74, 6) is 0. The van der Waals surface area contributed by atoms with Crippen LogP contribution in [-0.2, 0) is 19.1 Å². The van der Waals surface area contributed by atoms with Gasteiger partial charge in [0, 0.05) is 35.6 Å². The van der Waals surface area contributed by atoms with Crippen molar-refractivity contribution < 1.29 is 13.2 Å². The van der Waals surface area contributed by atoms with Gasteiger partial charge in [-0.05, 0) is 24.3 Å². The van der Waals surface area contributed by atoms with Crippen molar-refractivity contribution in [2.24, 2.45) is 5.73 Å². The summed E-state index contributed by atoms with van der Waals surface area (Å²) in [5, 5.41) is 0.640.